The second kappa shape index (κ2) is 7.93. The molecule has 6 rings (SSSR count). The summed E-state index contributed by atoms with van der Waals surface area (Å²) in [5, 5.41) is 9.90. The van der Waals surface area contributed by atoms with Gasteiger partial charge in [-0.25, -0.2) is 4.99 Å². The number of rotatable bonds is 3. The lowest BCUT2D eigenvalue weighted by Gasteiger charge is -2.48. The molecule has 1 unspecified atom stereocenters. The van der Waals surface area contributed by atoms with Gasteiger partial charge in [-0.05, 0) is 80.0 Å². The van der Waals surface area contributed by atoms with Gasteiger partial charge in [-0.3, -0.25) is 0 Å². The minimum Gasteiger partial charge on any atom is -0.490 e. The monoisotopic (exact) mass is 463 g/mol. The van der Waals surface area contributed by atoms with Gasteiger partial charge in [-0.2, -0.15) is 5.26 Å². The van der Waals surface area contributed by atoms with Crippen LogP contribution in [-0.2, 0) is 15.0 Å². The van der Waals surface area contributed by atoms with Crippen LogP contribution in [0.25, 0.3) is 11.1 Å². The Kier molecular flexibility index (Phi) is 5.01. The summed E-state index contributed by atoms with van der Waals surface area (Å²) in [6.45, 7) is 0.398. The fourth-order valence-electron chi connectivity index (χ4n) is 5.76. The molecule has 4 atom stereocenters. The molecule has 2 aromatic rings. The number of halogens is 1. The minimum atomic E-state index is -0.601. The van der Waals surface area contributed by atoms with Crippen LogP contribution < -0.4 is 10.5 Å². The molecule has 0 bridgehead atoms. The first-order chi connectivity index (χ1) is 16.0. The SMILES string of the molecule is N#Cc1cc(Cl)cc(-c2ccc3c(c2)[C@]2(COC(N)=N2)[C@H]2C[C@@H](OC4CCC4)CCC2O3)c1. The average molecular weight is 464 g/mol. The molecule has 33 heavy (non-hydrogen) atoms. The van der Waals surface area contributed by atoms with E-state index in [0.29, 0.717) is 23.3 Å². The molecule has 1 spiro atoms. The summed E-state index contributed by atoms with van der Waals surface area (Å²) in [7, 11) is 0. The predicted octanol–water partition coefficient (Wildman–Crippen LogP) is 4.92. The maximum absolute atomic E-state index is 9.37. The first kappa shape index (κ1) is 20.8. The van der Waals surface area contributed by atoms with E-state index in [1.54, 1.807) is 6.07 Å². The lowest BCUT2D eigenvalue weighted by atomic mass is 9.67. The number of nitrogens with two attached hydrogens (primary N) is 1. The van der Waals surface area contributed by atoms with Crippen LogP contribution in [0.15, 0.2) is 41.4 Å². The molecule has 2 saturated carbocycles. The van der Waals surface area contributed by atoms with Gasteiger partial charge in [0.15, 0.2) is 0 Å². The lowest BCUT2D eigenvalue weighted by Crippen LogP contribution is -2.52. The van der Waals surface area contributed by atoms with E-state index in [1.807, 2.05) is 24.3 Å². The number of fused-ring (bicyclic) bond motifs is 4. The van der Waals surface area contributed by atoms with E-state index in [4.69, 9.17) is 36.5 Å². The van der Waals surface area contributed by atoms with Crippen molar-refractivity contribution >= 4 is 17.6 Å². The Morgan fingerprint density at radius 1 is 1.09 bits per heavy atom. The third kappa shape index (κ3) is 3.55. The molecular formula is C26H26ClN3O3. The van der Waals surface area contributed by atoms with Gasteiger partial charge >= 0.3 is 0 Å². The van der Waals surface area contributed by atoms with Crippen LogP contribution >= 0.6 is 11.6 Å². The van der Waals surface area contributed by atoms with Crippen molar-refractivity contribution in [2.75, 3.05) is 6.61 Å². The molecule has 2 heterocycles. The van der Waals surface area contributed by atoms with Crippen LogP contribution in [0.1, 0.15) is 49.7 Å². The Morgan fingerprint density at radius 3 is 2.70 bits per heavy atom. The van der Waals surface area contributed by atoms with Crippen LogP contribution in [0.5, 0.6) is 5.75 Å². The zero-order chi connectivity index (χ0) is 22.6. The van der Waals surface area contributed by atoms with Gasteiger partial charge in [0.05, 0.1) is 23.8 Å². The number of hydrogen-bond donors (Lipinski definition) is 1. The van der Waals surface area contributed by atoms with E-state index in [0.717, 1.165) is 54.5 Å². The van der Waals surface area contributed by atoms with Crippen molar-refractivity contribution in [2.24, 2.45) is 16.6 Å². The van der Waals surface area contributed by atoms with Gasteiger partial charge in [-0.15, -0.1) is 0 Å². The van der Waals surface area contributed by atoms with Crippen molar-refractivity contribution in [3.63, 3.8) is 0 Å². The fraction of sp³-hybridized carbons (Fsp3) is 0.462. The molecule has 4 aliphatic rings. The van der Waals surface area contributed by atoms with Gasteiger partial charge in [0.2, 0.25) is 0 Å². The average Bonchev–Trinajstić information content (AvgIpc) is 3.18. The highest BCUT2D eigenvalue weighted by Gasteiger charge is 2.56. The Bertz CT molecular complexity index is 1170. The number of ether oxygens (including phenoxy) is 3. The topological polar surface area (TPSA) is 89.9 Å². The smallest absolute Gasteiger partial charge is 0.283 e. The molecule has 2 fully saturated rings. The van der Waals surface area contributed by atoms with Crippen molar-refractivity contribution in [3.8, 4) is 22.9 Å². The van der Waals surface area contributed by atoms with Crippen molar-refractivity contribution in [1.82, 2.24) is 0 Å². The van der Waals surface area contributed by atoms with Crippen LogP contribution in [-0.4, -0.2) is 30.9 Å². The van der Waals surface area contributed by atoms with Crippen LogP contribution in [0.2, 0.25) is 5.02 Å². The first-order valence-electron chi connectivity index (χ1n) is 11.7. The zero-order valence-electron chi connectivity index (χ0n) is 18.3. The van der Waals surface area contributed by atoms with Crippen molar-refractivity contribution in [3.05, 3.63) is 52.5 Å². The highest BCUT2D eigenvalue weighted by Crippen LogP contribution is 2.53. The summed E-state index contributed by atoms with van der Waals surface area (Å²) < 4.78 is 18.7. The molecule has 0 aromatic heterocycles. The summed E-state index contributed by atoms with van der Waals surface area (Å²) >= 11 is 6.28. The fourth-order valence-corrected chi connectivity index (χ4v) is 5.99. The Labute approximate surface area is 198 Å². The molecule has 0 saturated heterocycles. The number of nitrogens with zero attached hydrogens (tertiary/aromatic N) is 2. The van der Waals surface area contributed by atoms with Crippen molar-refractivity contribution in [1.29, 1.82) is 5.26 Å². The van der Waals surface area contributed by atoms with Gasteiger partial charge in [-0.1, -0.05) is 17.7 Å². The van der Waals surface area contributed by atoms with Gasteiger partial charge in [0, 0.05) is 16.5 Å². The number of amidine groups is 1. The summed E-state index contributed by atoms with van der Waals surface area (Å²) in [6, 6.07) is 13.9. The normalized spacial score (nSPS) is 30.3. The molecule has 2 N–H and O–H groups in total. The highest BCUT2D eigenvalue weighted by atomic mass is 35.5. The molecule has 2 aliphatic carbocycles. The number of hydrogen-bond acceptors (Lipinski definition) is 6. The molecule has 170 valence electrons. The van der Waals surface area contributed by atoms with Crippen LogP contribution in [0, 0.1) is 17.2 Å². The van der Waals surface area contributed by atoms with Gasteiger partial charge in [0.25, 0.3) is 6.02 Å². The molecule has 6 nitrogen and oxygen atoms in total. The summed E-state index contributed by atoms with van der Waals surface area (Å²) in [5.74, 6) is 0.942. The summed E-state index contributed by atoms with van der Waals surface area (Å²) in [4.78, 5) is 4.90. The molecule has 2 aliphatic heterocycles. The molecule has 0 amide bonds. The second-order valence-electron chi connectivity index (χ2n) is 9.60. The van der Waals surface area contributed by atoms with Crippen LogP contribution in [0.3, 0.4) is 0 Å². The third-order valence-electron chi connectivity index (χ3n) is 7.62. The molecular weight excluding hydrogens is 438 g/mol. The zero-order valence-corrected chi connectivity index (χ0v) is 19.1. The van der Waals surface area contributed by atoms with E-state index in [9.17, 15) is 5.26 Å². The predicted molar refractivity (Wildman–Crippen MR) is 125 cm³/mol. The number of nitriles is 1. The largest absolute Gasteiger partial charge is 0.490 e. The van der Waals surface area contributed by atoms with Gasteiger partial charge < -0.3 is 19.9 Å². The van der Waals surface area contributed by atoms with Gasteiger partial charge in [0.1, 0.15) is 24.0 Å². The summed E-state index contributed by atoms with van der Waals surface area (Å²) in [5.41, 5.74) is 8.81. The molecule has 0 radical (unpaired) electrons. The van der Waals surface area contributed by atoms with E-state index >= 15 is 0 Å². The lowest BCUT2D eigenvalue weighted by molar-refractivity contribution is -0.106. The van der Waals surface area contributed by atoms with Crippen molar-refractivity contribution in [2.45, 2.75) is 62.4 Å². The molecule has 7 heteroatoms. The Balaban J connectivity index is 1.41. The quantitative estimate of drug-likeness (QED) is 0.697. The summed E-state index contributed by atoms with van der Waals surface area (Å²) in [6.07, 6.45) is 7.06. The first-order valence-corrected chi connectivity index (χ1v) is 12.1. The Morgan fingerprint density at radius 2 is 1.97 bits per heavy atom. The van der Waals surface area contributed by atoms with Crippen LogP contribution in [0.4, 0.5) is 0 Å². The third-order valence-corrected chi connectivity index (χ3v) is 7.84. The number of benzene rings is 2. The van der Waals surface area contributed by atoms with E-state index < -0.39 is 5.54 Å². The van der Waals surface area contributed by atoms with Crippen molar-refractivity contribution < 1.29 is 14.2 Å². The maximum atomic E-state index is 9.37. The highest BCUT2D eigenvalue weighted by molar-refractivity contribution is 6.31. The minimum absolute atomic E-state index is 0.0548. The molecule has 2 aromatic carbocycles. The maximum Gasteiger partial charge on any atom is 0.283 e. The van der Waals surface area contributed by atoms with E-state index in [2.05, 4.69) is 12.1 Å². The Hall–Kier alpha value is -2.75. The van der Waals surface area contributed by atoms with E-state index in [1.165, 1.54) is 6.42 Å². The number of aliphatic imine (C=N–C) groups is 1. The van der Waals surface area contributed by atoms with E-state index in [-0.39, 0.29) is 24.1 Å². The standard InChI is InChI=1S/C26H26ClN3O3/c27-18-9-15(13-28)8-17(10-18)16-4-6-23-21(11-16)26(14-31-25(29)30-26)22-12-20(5-7-24(22)33-23)32-19-2-1-3-19/h4,6,8-11,19-20,22,24H,1-3,5,7,12,14H2,(H2,29,30)/t20-,22-,24?,26+/m0/s1. The second-order valence-corrected chi connectivity index (χ2v) is 10.0.